The Labute approximate surface area is 130 Å². The van der Waals surface area contributed by atoms with Crippen molar-refractivity contribution in [3.05, 3.63) is 67.7 Å². The van der Waals surface area contributed by atoms with Crippen LogP contribution < -0.4 is 4.74 Å². The highest BCUT2D eigenvalue weighted by Crippen LogP contribution is 2.34. The molecule has 0 saturated carbocycles. The van der Waals surface area contributed by atoms with E-state index in [1.807, 2.05) is 0 Å². The van der Waals surface area contributed by atoms with E-state index in [9.17, 15) is 10.1 Å². The lowest BCUT2D eigenvalue weighted by molar-refractivity contribution is -0.386. The molecule has 2 rings (SSSR count). The van der Waals surface area contributed by atoms with Crippen LogP contribution >= 0.6 is 15.9 Å². The Balaban J connectivity index is 2.32. The molecule has 6 heteroatoms. The molecule has 0 aliphatic heterocycles. The number of hydrogen-bond acceptors (Lipinski definition) is 4. The van der Waals surface area contributed by atoms with Crippen LogP contribution in [0.15, 0.2) is 40.9 Å². The molecule has 21 heavy (non-hydrogen) atoms. The minimum atomic E-state index is -0.483. The summed E-state index contributed by atoms with van der Waals surface area (Å²) in [4.78, 5) is 10.6. The van der Waals surface area contributed by atoms with E-state index in [0.29, 0.717) is 21.2 Å². The quantitative estimate of drug-likeness (QED) is 0.616. The second-order valence-electron chi connectivity index (χ2n) is 4.39. The van der Waals surface area contributed by atoms with Gasteiger partial charge in [-0.2, -0.15) is 5.26 Å². The summed E-state index contributed by atoms with van der Waals surface area (Å²) in [6.07, 6.45) is 0. The summed E-state index contributed by atoms with van der Waals surface area (Å²) in [5, 5.41) is 20.1. The van der Waals surface area contributed by atoms with Crippen molar-refractivity contribution in [2.45, 2.75) is 13.5 Å². The summed E-state index contributed by atoms with van der Waals surface area (Å²) < 4.78 is 6.22. The number of rotatable bonds is 4. The SMILES string of the molecule is Cc1cc(Br)cc([N+](=O)[O-])c1OCc1ccccc1C#N. The van der Waals surface area contributed by atoms with E-state index < -0.39 is 4.92 Å². The van der Waals surface area contributed by atoms with Gasteiger partial charge in [-0.05, 0) is 24.6 Å². The van der Waals surface area contributed by atoms with Crippen molar-refractivity contribution in [3.63, 3.8) is 0 Å². The van der Waals surface area contributed by atoms with Crippen LogP contribution in [0.25, 0.3) is 0 Å². The average Bonchev–Trinajstić information content (AvgIpc) is 2.45. The molecular formula is C15H11BrN2O3. The van der Waals surface area contributed by atoms with Gasteiger partial charge >= 0.3 is 5.69 Å². The van der Waals surface area contributed by atoms with Crippen LogP contribution in [0.5, 0.6) is 5.75 Å². The van der Waals surface area contributed by atoms with Crippen LogP contribution in [0.3, 0.4) is 0 Å². The Morgan fingerprint density at radius 2 is 2.10 bits per heavy atom. The van der Waals surface area contributed by atoms with Crippen LogP contribution in [0, 0.1) is 28.4 Å². The van der Waals surface area contributed by atoms with Crippen LogP contribution in [-0.2, 0) is 6.61 Å². The Hall–Kier alpha value is -2.39. The van der Waals surface area contributed by atoms with Crippen molar-refractivity contribution in [3.8, 4) is 11.8 Å². The van der Waals surface area contributed by atoms with E-state index >= 15 is 0 Å². The highest BCUT2D eigenvalue weighted by molar-refractivity contribution is 9.10. The summed E-state index contributed by atoms with van der Waals surface area (Å²) in [7, 11) is 0. The van der Waals surface area contributed by atoms with E-state index in [1.54, 1.807) is 37.3 Å². The van der Waals surface area contributed by atoms with Crippen molar-refractivity contribution in [1.82, 2.24) is 0 Å². The second-order valence-corrected chi connectivity index (χ2v) is 5.30. The molecule has 2 aromatic rings. The van der Waals surface area contributed by atoms with E-state index in [4.69, 9.17) is 10.00 Å². The number of nitriles is 1. The molecule has 0 atom stereocenters. The molecular weight excluding hydrogens is 336 g/mol. The minimum absolute atomic E-state index is 0.101. The summed E-state index contributed by atoms with van der Waals surface area (Å²) in [5.41, 5.74) is 1.74. The Kier molecular flexibility index (Phi) is 4.55. The standard InChI is InChI=1S/C15H11BrN2O3/c1-10-6-13(16)7-14(18(19)20)15(10)21-9-12-5-3-2-4-11(12)8-17/h2-7H,9H2,1H3. The number of ether oxygens (including phenoxy) is 1. The molecule has 0 aliphatic rings. The van der Waals surface area contributed by atoms with Crippen LogP contribution in [-0.4, -0.2) is 4.92 Å². The normalized spacial score (nSPS) is 9.95. The molecule has 0 radical (unpaired) electrons. The number of benzene rings is 2. The van der Waals surface area contributed by atoms with Crippen molar-refractivity contribution < 1.29 is 9.66 Å². The molecule has 0 bridgehead atoms. The molecule has 5 nitrogen and oxygen atoms in total. The summed E-state index contributed by atoms with van der Waals surface area (Å²) in [6, 6.07) is 12.2. The zero-order chi connectivity index (χ0) is 15.4. The number of halogens is 1. The van der Waals surface area contributed by atoms with Gasteiger partial charge in [0.1, 0.15) is 6.61 Å². The molecule has 0 aromatic heterocycles. The van der Waals surface area contributed by atoms with Crippen molar-refractivity contribution in [2.24, 2.45) is 0 Å². The molecule has 0 N–H and O–H groups in total. The average molecular weight is 347 g/mol. The van der Waals surface area contributed by atoms with Gasteiger partial charge in [-0.15, -0.1) is 0 Å². The van der Waals surface area contributed by atoms with Crippen LogP contribution in [0.1, 0.15) is 16.7 Å². The lowest BCUT2D eigenvalue weighted by Crippen LogP contribution is -2.02. The lowest BCUT2D eigenvalue weighted by atomic mass is 10.1. The van der Waals surface area contributed by atoms with Gasteiger partial charge in [0.15, 0.2) is 5.75 Å². The van der Waals surface area contributed by atoms with Gasteiger partial charge in [0, 0.05) is 16.1 Å². The minimum Gasteiger partial charge on any atom is -0.482 e. The molecule has 0 aliphatic carbocycles. The van der Waals surface area contributed by atoms with Gasteiger partial charge in [0.2, 0.25) is 0 Å². The Bertz CT molecular complexity index is 738. The van der Waals surface area contributed by atoms with Crippen molar-refractivity contribution in [2.75, 3.05) is 0 Å². The van der Waals surface area contributed by atoms with Crippen LogP contribution in [0.4, 0.5) is 5.69 Å². The maximum atomic E-state index is 11.1. The second kappa shape index (κ2) is 6.37. The van der Waals surface area contributed by atoms with Gasteiger partial charge in [-0.3, -0.25) is 10.1 Å². The largest absolute Gasteiger partial charge is 0.482 e. The van der Waals surface area contributed by atoms with Crippen molar-refractivity contribution >= 4 is 21.6 Å². The fraction of sp³-hybridized carbons (Fsp3) is 0.133. The summed E-state index contributed by atoms with van der Waals surface area (Å²) in [6.45, 7) is 1.84. The lowest BCUT2D eigenvalue weighted by Gasteiger charge is -2.11. The maximum Gasteiger partial charge on any atom is 0.312 e. The molecule has 2 aromatic carbocycles. The number of nitrogens with zero attached hydrogens (tertiary/aromatic N) is 2. The molecule has 0 fully saturated rings. The van der Waals surface area contributed by atoms with E-state index in [-0.39, 0.29) is 18.0 Å². The number of aryl methyl sites for hydroxylation is 1. The first-order valence-corrected chi connectivity index (χ1v) is 6.87. The van der Waals surface area contributed by atoms with Gasteiger partial charge < -0.3 is 4.74 Å². The fourth-order valence-corrected chi connectivity index (χ4v) is 2.50. The zero-order valence-electron chi connectivity index (χ0n) is 11.2. The van der Waals surface area contributed by atoms with Crippen LogP contribution in [0.2, 0.25) is 0 Å². The molecule has 0 saturated heterocycles. The first-order chi connectivity index (χ1) is 10.0. The van der Waals surface area contributed by atoms with Crippen molar-refractivity contribution in [1.29, 1.82) is 5.26 Å². The topological polar surface area (TPSA) is 76.2 Å². The van der Waals surface area contributed by atoms with E-state index in [0.717, 1.165) is 0 Å². The third-order valence-corrected chi connectivity index (χ3v) is 3.38. The highest BCUT2D eigenvalue weighted by Gasteiger charge is 2.19. The zero-order valence-corrected chi connectivity index (χ0v) is 12.8. The number of hydrogen-bond donors (Lipinski definition) is 0. The Morgan fingerprint density at radius 1 is 1.38 bits per heavy atom. The maximum absolute atomic E-state index is 11.1. The smallest absolute Gasteiger partial charge is 0.312 e. The first kappa shape index (κ1) is 15.0. The molecule has 0 heterocycles. The van der Waals surface area contributed by atoms with Gasteiger partial charge in [0.25, 0.3) is 0 Å². The predicted octanol–water partition coefficient (Wildman–Crippen LogP) is 4.12. The van der Waals surface area contributed by atoms with Gasteiger partial charge in [-0.25, -0.2) is 0 Å². The molecule has 0 spiro atoms. The molecule has 0 amide bonds. The fourth-order valence-electron chi connectivity index (χ4n) is 1.94. The predicted molar refractivity (Wildman–Crippen MR) is 81.0 cm³/mol. The highest BCUT2D eigenvalue weighted by atomic mass is 79.9. The number of nitro benzene ring substituents is 1. The first-order valence-electron chi connectivity index (χ1n) is 6.08. The van der Waals surface area contributed by atoms with E-state index in [1.165, 1.54) is 6.07 Å². The monoisotopic (exact) mass is 346 g/mol. The summed E-state index contributed by atoms with van der Waals surface area (Å²) >= 11 is 3.23. The van der Waals surface area contributed by atoms with Gasteiger partial charge in [-0.1, -0.05) is 34.1 Å². The molecule has 0 unspecified atom stereocenters. The summed E-state index contributed by atoms with van der Waals surface area (Å²) in [5.74, 6) is 0.218. The Morgan fingerprint density at radius 3 is 2.76 bits per heavy atom. The third kappa shape index (κ3) is 3.38. The molecule has 106 valence electrons. The van der Waals surface area contributed by atoms with E-state index in [2.05, 4.69) is 22.0 Å². The third-order valence-electron chi connectivity index (χ3n) is 2.93. The van der Waals surface area contributed by atoms with Gasteiger partial charge in [0.05, 0.1) is 16.6 Å². The number of nitro groups is 1.